The number of hydrogen-bond donors (Lipinski definition) is 0. The van der Waals surface area contributed by atoms with Crippen LogP contribution in [0.5, 0.6) is 11.5 Å². The number of hydrogen-bond acceptors (Lipinski definition) is 2. The summed E-state index contributed by atoms with van der Waals surface area (Å²) in [5, 5.41) is 0. The Balaban J connectivity index is 2.00. The van der Waals surface area contributed by atoms with Crippen LogP contribution in [0.25, 0.3) is 0 Å². The third-order valence-corrected chi connectivity index (χ3v) is 3.13. The second kappa shape index (κ2) is 2.66. The molecule has 1 spiro atoms. The maximum atomic E-state index is 5.96. The number of fused-ring (bicyclic) bond motifs is 1. The lowest BCUT2D eigenvalue weighted by molar-refractivity contribution is -0.0718. The first kappa shape index (κ1) is 8.16. The van der Waals surface area contributed by atoms with Crippen molar-refractivity contribution in [3.8, 4) is 11.5 Å². The topological polar surface area (TPSA) is 18.5 Å². The molecule has 2 nitrogen and oxygen atoms in total. The quantitative estimate of drug-likeness (QED) is 0.626. The van der Waals surface area contributed by atoms with Crippen LogP contribution in [0.15, 0.2) is 18.2 Å². The van der Waals surface area contributed by atoms with Gasteiger partial charge >= 0.3 is 0 Å². The van der Waals surface area contributed by atoms with Crippen LogP contribution >= 0.6 is 0 Å². The van der Waals surface area contributed by atoms with Crippen LogP contribution in [0.4, 0.5) is 0 Å². The fraction of sp³-hybridized carbons (Fsp3) is 0.500. The van der Waals surface area contributed by atoms with E-state index in [0.717, 1.165) is 24.3 Å². The Morgan fingerprint density at radius 3 is 2.64 bits per heavy atom. The number of ether oxygens (including phenoxy) is 2. The fourth-order valence-corrected chi connectivity index (χ4v) is 2.36. The van der Waals surface area contributed by atoms with Gasteiger partial charge < -0.3 is 9.47 Å². The van der Waals surface area contributed by atoms with Crippen molar-refractivity contribution in [2.45, 2.75) is 38.4 Å². The minimum absolute atomic E-state index is 0.311. The van der Waals surface area contributed by atoms with Crippen molar-refractivity contribution in [1.82, 2.24) is 0 Å². The van der Waals surface area contributed by atoms with Crippen LogP contribution in [0.1, 0.15) is 31.2 Å². The van der Waals surface area contributed by atoms with Gasteiger partial charge in [0.05, 0.1) is 0 Å². The molecule has 1 heterocycles. The van der Waals surface area contributed by atoms with Crippen LogP contribution in [0, 0.1) is 6.92 Å². The minimum atomic E-state index is -0.311. The van der Waals surface area contributed by atoms with Gasteiger partial charge in [-0.2, -0.15) is 0 Å². The van der Waals surface area contributed by atoms with Crippen molar-refractivity contribution in [2.24, 2.45) is 0 Å². The monoisotopic (exact) mass is 190 g/mol. The third-order valence-electron chi connectivity index (χ3n) is 3.13. The Hall–Kier alpha value is -1.18. The van der Waals surface area contributed by atoms with E-state index >= 15 is 0 Å². The maximum Gasteiger partial charge on any atom is 0.251 e. The molecular weight excluding hydrogens is 176 g/mol. The van der Waals surface area contributed by atoms with Crippen LogP contribution in [0.2, 0.25) is 0 Å². The van der Waals surface area contributed by atoms with Gasteiger partial charge in [-0.25, -0.2) is 0 Å². The molecular formula is C12H14O2. The zero-order chi connectivity index (χ0) is 9.60. The molecule has 1 fully saturated rings. The predicted molar refractivity (Wildman–Crippen MR) is 53.6 cm³/mol. The second-order valence-corrected chi connectivity index (χ2v) is 4.22. The first-order valence-corrected chi connectivity index (χ1v) is 5.27. The van der Waals surface area contributed by atoms with Crippen LogP contribution in [0.3, 0.4) is 0 Å². The van der Waals surface area contributed by atoms with E-state index in [-0.39, 0.29) is 5.79 Å². The highest BCUT2D eigenvalue weighted by atomic mass is 16.7. The normalized spacial score (nSPS) is 21.8. The second-order valence-electron chi connectivity index (χ2n) is 4.22. The number of para-hydroxylation sites is 1. The highest BCUT2D eigenvalue weighted by molar-refractivity contribution is 5.48. The Morgan fingerprint density at radius 2 is 1.93 bits per heavy atom. The number of rotatable bonds is 0. The minimum Gasteiger partial charge on any atom is -0.448 e. The molecule has 1 saturated carbocycles. The Labute approximate surface area is 83.8 Å². The van der Waals surface area contributed by atoms with E-state index in [9.17, 15) is 0 Å². The molecule has 1 aromatic rings. The van der Waals surface area contributed by atoms with Gasteiger partial charge in [0.1, 0.15) is 0 Å². The van der Waals surface area contributed by atoms with E-state index in [0.29, 0.717) is 0 Å². The van der Waals surface area contributed by atoms with Crippen molar-refractivity contribution < 1.29 is 9.47 Å². The van der Waals surface area contributed by atoms with Crippen molar-refractivity contribution in [3.05, 3.63) is 23.8 Å². The summed E-state index contributed by atoms with van der Waals surface area (Å²) in [4.78, 5) is 0. The number of aryl methyl sites for hydroxylation is 1. The maximum absolute atomic E-state index is 5.96. The lowest BCUT2D eigenvalue weighted by Gasteiger charge is -2.21. The van der Waals surface area contributed by atoms with E-state index in [1.807, 2.05) is 12.1 Å². The van der Waals surface area contributed by atoms with E-state index in [2.05, 4.69) is 13.0 Å². The standard InChI is InChI=1S/C12H14O2/c1-9-5-4-6-10-11(9)14-12(13-10)7-2-3-8-12/h4-6H,2-3,7-8H2,1H3. The lowest BCUT2D eigenvalue weighted by Crippen LogP contribution is -2.34. The average Bonchev–Trinajstić information content (AvgIpc) is 2.75. The first-order chi connectivity index (χ1) is 6.79. The highest BCUT2D eigenvalue weighted by Crippen LogP contribution is 2.47. The summed E-state index contributed by atoms with van der Waals surface area (Å²) < 4.78 is 11.9. The summed E-state index contributed by atoms with van der Waals surface area (Å²) in [6.45, 7) is 2.07. The van der Waals surface area contributed by atoms with Gasteiger partial charge in [0.25, 0.3) is 5.79 Å². The summed E-state index contributed by atoms with van der Waals surface area (Å²) >= 11 is 0. The zero-order valence-corrected chi connectivity index (χ0v) is 8.38. The molecule has 0 amide bonds. The molecule has 0 atom stereocenters. The van der Waals surface area contributed by atoms with Crippen LogP contribution in [-0.2, 0) is 0 Å². The lowest BCUT2D eigenvalue weighted by atomic mass is 10.2. The summed E-state index contributed by atoms with van der Waals surface area (Å²) in [6.07, 6.45) is 4.49. The molecule has 74 valence electrons. The molecule has 1 aliphatic heterocycles. The zero-order valence-electron chi connectivity index (χ0n) is 8.38. The summed E-state index contributed by atoms with van der Waals surface area (Å²) in [5.41, 5.74) is 1.17. The molecule has 0 unspecified atom stereocenters. The fourth-order valence-electron chi connectivity index (χ4n) is 2.36. The first-order valence-electron chi connectivity index (χ1n) is 5.27. The smallest absolute Gasteiger partial charge is 0.251 e. The molecule has 1 aromatic carbocycles. The number of benzene rings is 1. The summed E-state index contributed by atoms with van der Waals surface area (Å²) in [6, 6.07) is 6.08. The molecule has 2 heteroatoms. The molecule has 0 bridgehead atoms. The van der Waals surface area contributed by atoms with E-state index in [1.54, 1.807) is 0 Å². The van der Waals surface area contributed by atoms with Gasteiger partial charge in [-0.05, 0) is 31.4 Å². The Bertz CT molecular complexity index is 365. The average molecular weight is 190 g/mol. The highest BCUT2D eigenvalue weighted by Gasteiger charge is 2.44. The van der Waals surface area contributed by atoms with Gasteiger partial charge in [-0.3, -0.25) is 0 Å². The van der Waals surface area contributed by atoms with Gasteiger partial charge in [-0.15, -0.1) is 0 Å². The third kappa shape index (κ3) is 1.03. The predicted octanol–water partition coefficient (Wildman–Crippen LogP) is 3.04. The van der Waals surface area contributed by atoms with E-state index in [4.69, 9.17) is 9.47 Å². The summed E-state index contributed by atoms with van der Waals surface area (Å²) in [5.74, 6) is 1.57. The largest absolute Gasteiger partial charge is 0.448 e. The molecule has 0 saturated heterocycles. The van der Waals surface area contributed by atoms with E-state index in [1.165, 1.54) is 18.4 Å². The molecule has 2 aliphatic rings. The van der Waals surface area contributed by atoms with Gasteiger partial charge in [0, 0.05) is 12.8 Å². The van der Waals surface area contributed by atoms with Crippen LogP contribution < -0.4 is 9.47 Å². The SMILES string of the molecule is Cc1cccc2c1OC1(CCCC1)O2. The molecule has 1 aliphatic carbocycles. The van der Waals surface area contributed by atoms with Crippen molar-refractivity contribution >= 4 is 0 Å². The molecule has 0 radical (unpaired) electrons. The van der Waals surface area contributed by atoms with Gasteiger partial charge in [0.2, 0.25) is 0 Å². The molecule has 3 rings (SSSR count). The van der Waals surface area contributed by atoms with Gasteiger partial charge in [0.15, 0.2) is 11.5 Å². The molecule has 0 N–H and O–H groups in total. The van der Waals surface area contributed by atoms with Gasteiger partial charge in [-0.1, -0.05) is 12.1 Å². The van der Waals surface area contributed by atoms with Crippen molar-refractivity contribution in [3.63, 3.8) is 0 Å². The van der Waals surface area contributed by atoms with E-state index < -0.39 is 0 Å². The Morgan fingerprint density at radius 1 is 1.14 bits per heavy atom. The Kier molecular flexibility index (Phi) is 1.55. The summed E-state index contributed by atoms with van der Waals surface area (Å²) in [7, 11) is 0. The molecule has 0 aromatic heterocycles. The van der Waals surface area contributed by atoms with Crippen molar-refractivity contribution in [2.75, 3.05) is 0 Å². The van der Waals surface area contributed by atoms with Crippen LogP contribution in [-0.4, -0.2) is 5.79 Å². The molecule has 14 heavy (non-hydrogen) atoms. The van der Waals surface area contributed by atoms with Crippen molar-refractivity contribution in [1.29, 1.82) is 0 Å².